The number of hydrogen-bond donors (Lipinski definition) is 1. The van der Waals surface area contributed by atoms with E-state index < -0.39 is 11.7 Å². The molecule has 0 aliphatic rings. The first-order chi connectivity index (χ1) is 16.2. The molecular formula is C26H21ClF3N3O. The van der Waals surface area contributed by atoms with Crippen molar-refractivity contribution >= 4 is 17.4 Å². The van der Waals surface area contributed by atoms with Gasteiger partial charge in [-0.25, -0.2) is 9.97 Å². The number of alkyl halides is 3. The molecule has 174 valence electrons. The molecule has 34 heavy (non-hydrogen) atoms. The monoisotopic (exact) mass is 483 g/mol. The molecule has 2 aromatic carbocycles. The molecule has 4 nitrogen and oxygen atoms in total. The van der Waals surface area contributed by atoms with E-state index in [9.17, 15) is 18.0 Å². The summed E-state index contributed by atoms with van der Waals surface area (Å²) in [4.78, 5) is 24.7. The van der Waals surface area contributed by atoms with E-state index in [4.69, 9.17) is 11.6 Å². The molecule has 4 aromatic rings. The van der Waals surface area contributed by atoms with Crippen LogP contribution >= 0.6 is 11.6 Å². The van der Waals surface area contributed by atoms with Crippen molar-refractivity contribution in [1.29, 1.82) is 0 Å². The van der Waals surface area contributed by atoms with Crippen LogP contribution in [0.5, 0.6) is 0 Å². The Labute approximate surface area is 199 Å². The molecule has 0 bridgehead atoms. The summed E-state index contributed by atoms with van der Waals surface area (Å²) in [6.45, 7) is 1.97. The number of hydrogen-bond acceptors (Lipinski definition) is 3. The highest BCUT2D eigenvalue weighted by atomic mass is 35.5. The third-order valence-corrected chi connectivity index (χ3v) is 5.81. The first kappa shape index (κ1) is 23.7. The number of aryl methyl sites for hydroxylation is 1. The number of ketones is 1. The minimum atomic E-state index is -4.57. The Morgan fingerprint density at radius 2 is 1.76 bits per heavy atom. The van der Waals surface area contributed by atoms with Crippen molar-refractivity contribution < 1.29 is 18.0 Å². The van der Waals surface area contributed by atoms with Crippen LogP contribution in [0.15, 0.2) is 67.0 Å². The van der Waals surface area contributed by atoms with Crippen molar-refractivity contribution in [3.8, 4) is 11.4 Å². The molecular weight excluding hydrogens is 463 g/mol. The smallest absolute Gasteiger partial charge is 0.360 e. The van der Waals surface area contributed by atoms with Crippen LogP contribution in [0.1, 0.15) is 33.6 Å². The van der Waals surface area contributed by atoms with Gasteiger partial charge in [-0.2, -0.15) is 13.2 Å². The van der Waals surface area contributed by atoms with Crippen molar-refractivity contribution in [3.05, 3.63) is 106 Å². The van der Waals surface area contributed by atoms with E-state index in [1.165, 1.54) is 12.1 Å². The molecule has 0 aliphatic heterocycles. The SMILES string of the molecule is Cc1ccc(CC(=O)Cc2ccc(Cl)c(C(F)(F)F)c2)cc1Cc1nccc(-c2ccc[nH]2)n1. The predicted octanol–water partition coefficient (Wildman–Crippen LogP) is 6.40. The second kappa shape index (κ2) is 9.81. The highest BCUT2D eigenvalue weighted by Crippen LogP contribution is 2.35. The van der Waals surface area contributed by atoms with Gasteiger partial charge in [0.25, 0.3) is 0 Å². The van der Waals surface area contributed by atoms with Gasteiger partial charge in [-0.05, 0) is 59.5 Å². The zero-order valence-corrected chi connectivity index (χ0v) is 19.0. The summed E-state index contributed by atoms with van der Waals surface area (Å²) in [5.41, 5.74) is 3.85. The molecule has 0 radical (unpaired) electrons. The number of carbonyl (C=O) groups excluding carboxylic acids is 1. The van der Waals surface area contributed by atoms with Crippen molar-refractivity contribution in [2.75, 3.05) is 0 Å². The summed E-state index contributed by atoms with van der Waals surface area (Å²) < 4.78 is 39.3. The summed E-state index contributed by atoms with van der Waals surface area (Å²) >= 11 is 5.67. The first-order valence-corrected chi connectivity index (χ1v) is 11.0. The Hall–Kier alpha value is -3.45. The van der Waals surface area contributed by atoms with Gasteiger partial charge in [0.05, 0.1) is 22.0 Å². The van der Waals surface area contributed by atoms with E-state index in [1.807, 2.05) is 49.5 Å². The van der Waals surface area contributed by atoms with E-state index in [0.29, 0.717) is 12.2 Å². The van der Waals surface area contributed by atoms with Gasteiger partial charge in [0.2, 0.25) is 0 Å². The standard InChI is InChI=1S/C26H21ClF3N3O/c1-16-4-5-17(12-20(34)13-18-6-7-22(27)21(14-18)26(28,29)30)11-19(16)15-25-32-10-8-24(33-25)23-3-2-9-31-23/h2-11,14,31H,12-13,15H2,1H3. The third kappa shape index (κ3) is 5.72. The van der Waals surface area contributed by atoms with Crippen LogP contribution in [-0.2, 0) is 30.2 Å². The van der Waals surface area contributed by atoms with Gasteiger partial charge >= 0.3 is 6.18 Å². The number of rotatable bonds is 7. The Balaban J connectivity index is 1.48. The second-order valence-corrected chi connectivity index (χ2v) is 8.49. The Morgan fingerprint density at radius 3 is 2.47 bits per heavy atom. The molecule has 0 saturated carbocycles. The lowest BCUT2D eigenvalue weighted by atomic mass is 9.97. The van der Waals surface area contributed by atoms with Crippen molar-refractivity contribution in [2.24, 2.45) is 0 Å². The van der Waals surface area contributed by atoms with Gasteiger partial charge in [-0.3, -0.25) is 4.79 Å². The Morgan fingerprint density at radius 1 is 1.03 bits per heavy atom. The van der Waals surface area contributed by atoms with Gasteiger partial charge in [-0.15, -0.1) is 0 Å². The first-order valence-electron chi connectivity index (χ1n) is 10.6. The maximum atomic E-state index is 13.1. The van der Waals surface area contributed by atoms with E-state index in [2.05, 4.69) is 15.0 Å². The molecule has 0 atom stereocenters. The van der Waals surface area contributed by atoms with Gasteiger partial charge in [0.15, 0.2) is 0 Å². The minimum Gasteiger partial charge on any atom is -0.360 e. The zero-order valence-electron chi connectivity index (χ0n) is 18.3. The normalized spacial score (nSPS) is 11.6. The van der Waals surface area contributed by atoms with Crippen LogP contribution in [0.3, 0.4) is 0 Å². The number of aromatic nitrogens is 3. The predicted molar refractivity (Wildman–Crippen MR) is 125 cm³/mol. The third-order valence-electron chi connectivity index (χ3n) is 5.48. The lowest BCUT2D eigenvalue weighted by molar-refractivity contribution is -0.137. The number of Topliss-reactive ketones (excluding diaryl/α,β-unsaturated/α-hetero) is 1. The van der Waals surface area contributed by atoms with E-state index in [0.717, 1.165) is 34.1 Å². The van der Waals surface area contributed by atoms with E-state index in [1.54, 1.807) is 6.20 Å². The minimum absolute atomic E-state index is 0.106. The molecule has 2 heterocycles. The molecule has 0 saturated heterocycles. The molecule has 0 unspecified atom stereocenters. The maximum Gasteiger partial charge on any atom is 0.417 e. The number of halogens is 4. The zero-order chi connectivity index (χ0) is 24.3. The highest BCUT2D eigenvalue weighted by molar-refractivity contribution is 6.31. The molecule has 0 fully saturated rings. The number of aromatic amines is 1. The fourth-order valence-corrected chi connectivity index (χ4v) is 3.96. The average molecular weight is 484 g/mol. The van der Waals surface area contributed by atoms with Crippen molar-refractivity contribution in [1.82, 2.24) is 15.0 Å². The molecule has 1 N–H and O–H groups in total. The maximum absolute atomic E-state index is 13.1. The fraction of sp³-hybridized carbons (Fsp3) is 0.192. The Kier molecular flexibility index (Phi) is 6.84. The summed E-state index contributed by atoms with van der Waals surface area (Å²) in [7, 11) is 0. The van der Waals surface area contributed by atoms with Crippen LogP contribution in [0.25, 0.3) is 11.4 Å². The van der Waals surface area contributed by atoms with Gasteiger partial charge < -0.3 is 4.98 Å². The molecule has 0 spiro atoms. The van der Waals surface area contributed by atoms with Gasteiger partial charge in [0.1, 0.15) is 11.6 Å². The average Bonchev–Trinajstić information content (AvgIpc) is 3.32. The number of nitrogens with one attached hydrogen (secondary N) is 1. The molecule has 0 aliphatic carbocycles. The van der Waals surface area contributed by atoms with Crippen LogP contribution in [0, 0.1) is 6.92 Å². The summed E-state index contributed by atoms with van der Waals surface area (Å²) in [5.74, 6) is 0.467. The molecule has 4 rings (SSSR count). The molecule has 0 amide bonds. The number of nitrogens with zero attached hydrogens (tertiary/aromatic N) is 2. The lowest BCUT2D eigenvalue weighted by Crippen LogP contribution is -2.10. The number of benzene rings is 2. The van der Waals surface area contributed by atoms with Crippen LogP contribution < -0.4 is 0 Å². The van der Waals surface area contributed by atoms with Crippen LogP contribution in [0.4, 0.5) is 13.2 Å². The summed E-state index contributed by atoms with van der Waals surface area (Å²) in [6.07, 6.45) is -0.527. The largest absolute Gasteiger partial charge is 0.417 e. The molecule has 8 heteroatoms. The van der Waals surface area contributed by atoms with Crippen LogP contribution in [0.2, 0.25) is 5.02 Å². The van der Waals surface area contributed by atoms with Crippen molar-refractivity contribution in [2.45, 2.75) is 32.4 Å². The molecule has 2 aromatic heterocycles. The fourth-order valence-electron chi connectivity index (χ4n) is 3.74. The highest BCUT2D eigenvalue weighted by Gasteiger charge is 2.33. The number of carbonyl (C=O) groups is 1. The quantitative estimate of drug-likeness (QED) is 0.331. The summed E-state index contributed by atoms with van der Waals surface area (Å²) in [6, 6.07) is 14.9. The van der Waals surface area contributed by atoms with Gasteiger partial charge in [-0.1, -0.05) is 35.9 Å². The second-order valence-electron chi connectivity index (χ2n) is 8.08. The number of H-pyrrole nitrogens is 1. The Bertz CT molecular complexity index is 1320. The lowest BCUT2D eigenvalue weighted by Gasteiger charge is -2.11. The van der Waals surface area contributed by atoms with E-state index in [-0.39, 0.29) is 29.2 Å². The van der Waals surface area contributed by atoms with Crippen molar-refractivity contribution in [3.63, 3.8) is 0 Å². The topological polar surface area (TPSA) is 58.6 Å². The summed E-state index contributed by atoms with van der Waals surface area (Å²) in [5, 5.41) is -0.380. The van der Waals surface area contributed by atoms with E-state index >= 15 is 0 Å². The van der Waals surface area contributed by atoms with Gasteiger partial charge in [0, 0.05) is 31.7 Å². The van der Waals surface area contributed by atoms with Crippen LogP contribution in [-0.4, -0.2) is 20.7 Å².